The maximum absolute atomic E-state index is 13.5. The third kappa shape index (κ3) is 3.02. The Morgan fingerprint density at radius 3 is 2.84 bits per heavy atom. The van der Waals surface area contributed by atoms with Crippen LogP contribution in [0.4, 0.5) is 0 Å². The first-order valence-corrected chi connectivity index (χ1v) is 10.2. The number of aromatic amines is 1. The summed E-state index contributed by atoms with van der Waals surface area (Å²) in [6.45, 7) is 0.470. The Kier molecular flexibility index (Phi) is 4.24. The van der Waals surface area contributed by atoms with E-state index >= 15 is 0 Å². The Hall–Kier alpha value is -4.40. The topological polar surface area (TPSA) is 114 Å². The highest BCUT2D eigenvalue weighted by Crippen LogP contribution is 2.34. The zero-order valence-corrected chi connectivity index (χ0v) is 16.8. The molecule has 9 heteroatoms. The number of pyridine rings is 2. The molecule has 1 atom stereocenters. The van der Waals surface area contributed by atoms with Crippen LogP contribution in [0, 0.1) is 0 Å². The summed E-state index contributed by atoms with van der Waals surface area (Å²) in [6, 6.07) is 13.1. The summed E-state index contributed by atoms with van der Waals surface area (Å²) in [7, 11) is 0. The zero-order chi connectivity index (χ0) is 21.5. The predicted molar refractivity (Wildman–Crippen MR) is 114 cm³/mol. The molecule has 1 aromatic carbocycles. The number of amides is 1. The van der Waals surface area contributed by atoms with E-state index in [0.29, 0.717) is 18.5 Å². The van der Waals surface area contributed by atoms with E-state index in [1.165, 1.54) is 0 Å². The van der Waals surface area contributed by atoms with Crippen molar-refractivity contribution in [2.24, 2.45) is 0 Å². The zero-order valence-electron chi connectivity index (χ0n) is 16.8. The van der Waals surface area contributed by atoms with Gasteiger partial charge < -0.3 is 14.3 Å². The van der Waals surface area contributed by atoms with Crippen LogP contribution in [-0.2, 0) is 6.42 Å². The van der Waals surface area contributed by atoms with Gasteiger partial charge in [0.15, 0.2) is 0 Å². The fraction of sp³-hybridized carbons (Fsp3) is 0.130. The van der Waals surface area contributed by atoms with Crippen molar-refractivity contribution < 1.29 is 9.21 Å². The summed E-state index contributed by atoms with van der Waals surface area (Å²) >= 11 is 0. The summed E-state index contributed by atoms with van der Waals surface area (Å²) in [5.41, 5.74) is 3.16. The standard InChI is InChI=1S/C23H17N7O2/c31-23(22-29-28-21(32-22)16-6-3-8-24-11-16)30-9-7-17-19(27-13-26-17)20(30)18-10-14-4-1-2-5-15(14)12-25-18/h1-6,8,10-13,20H,7,9H2,(H,26,27)/t20-/m1/s1. The smallest absolute Gasteiger partial charge is 0.312 e. The molecular formula is C23H17N7O2. The van der Waals surface area contributed by atoms with Gasteiger partial charge in [0.2, 0.25) is 5.89 Å². The van der Waals surface area contributed by atoms with Gasteiger partial charge in [-0.05, 0) is 23.6 Å². The first-order chi connectivity index (χ1) is 15.8. The van der Waals surface area contributed by atoms with Crippen LogP contribution in [0.25, 0.3) is 22.2 Å². The molecule has 0 bridgehead atoms. The van der Waals surface area contributed by atoms with Crippen molar-refractivity contribution in [3.63, 3.8) is 0 Å². The quantitative estimate of drug-likeness (QED) is 0.474. The summed E-state index contributed by atoms with van der Waals surface area (Å²) in [5.74, 6) is -0.186. The van der Waals surface area contributed by atoms with Crippen LogP contribution in [0.1, 0.15) is 33.8 Å². The minimum Gasteiger partial charge on any atom is -0.412 e. The highest BCUT2D eigenvalue weighted by Gasteiger charge is 2.37. The van der Waals surface area contributed by atoms with Crippen LogP contribution in [0.3, 0.4) is 0 Å². The predicted octanol–water partition coefficient (Wildman–Crippen LogP) is 3.19. The molecule has 1 N–H and O–H groups in total. The Morgan fingerprint density at radius 2 is 1.97 bits per heavy atom. The van der Waals surface area contributed by atoms with E-state index in [-0.39, 0.29) is 17.7 Å². The normalized spacial score (nSPS) is 15.6. The van der Waals surface area contributed by atoms with Crippen molar-refractivity contribution in [1.82, 2.24) is 35.0 Å². The molecule has 0 aliphatic carbocycles. The molecule has 5 aromatic rings. The van der Waals surface area contributed by atoms with Gasteiger partial charge in [-0.2, -0.15) is 0 Å². The summed E-state index contributed by atoms with van der Waals surface area (Å²) in [5, 5.41) is 10.1. The van der Waals surface area contributed by atoms with Crippen LogP contribution in [-0.4, -0.2) is 47.5 Å². The highest BCUT2D eigenvalue weighted by atomic mass is 16.4. The fourth-order valence-corrected chi connectivity index (χ4v) is 4.08. The Labute approximate surface area is 182 Å². The Bertz CT molecular complexity index is 1430. The van der Waals surface area contributed by atoms with Gasteiger partial charge in [0.05, 0.1) is 23.3 Å². The molecular weight excluding hydrogens is 406 g/mol. The van der Waals surface area contributed by atoms with Gasteiger partial charge in [-0.15, -0.1) is 10.2 Å². The Morgan fingerprint density at radius 1 is 1.06 bits per heavy atom. The first-order valence-electron chi connectivity index (χ1n) is 10.2. The van der Waals surface area contributed by atoms with E-state index in [1.807, 2.05) is 36.5 Å². The second-order valence-corrected chi connectivity index (χ2v) is 7.53. The lowest BCUT2D eigenvalue weighted by atomic mass is 9.98. The number of nitrogens with one attached hydrogen (secondary N) is 1. The number of rotatable bonds is 3. The maximum Gasteiger partial charge on any atom is 0.312 e. The SMILES string of the molecule is O=C(c1nnc(-c2cccnc2)o1)N1CCc2[nH]cnc2[C@H]1c1cc2ccccc2cn1. The van der Waals surface area contributed by atoms with Crippen LogP contribution in [0.5, 0.6) is 0 Å². The molecule has 0 fully saturated rings. The van der Waals surface area contributed by atoms with Gasteiger partial charge in [0.25, 0.3) is 0 Å². The van der Waals surface area contributed by atoms with Crippen LogP contribution in [0.15, 0.2) is 71.8 Å². The molecule has 1 aliphatic rings. The number of fused-ring (bicyclic) bond motifs is 2. The van der Waals surface area contributed by atoms with Crippen molar-refractivity contribution in [2.45, 2.75) is 12.5 Å². The third-order valence-electron chi connectivity index (χ3n) is 5.63. The van der Waals surface area contributed by atoms with Crippen LogP contribution < -0.4 is 0 Å². The molecule has 6 rings (SSSR count). The molecule has 1 aliphatic heterocycles. The lowest BCUT2D eigenvalue weighted by Crippen LogP contribution is -2.41. The monoisotopic (exact) mass is 423 g/mol. The molecule has 156 valence electrons. The molecule has 0 unspecified atom stereocenters. The minimum absolute atomic E-state index is 0.0753. The van der Waals surface area contributed by atoms with Crippen molar-refractivity contribution >= 4 is 16.7 Å². The van der Waals surface area contributed by atoms with Gasteiger partial charge in [0.1, 0.15) is 6.04 Å². The van der Waals surface area contributed by atoms with Gasteiger partial charge in [-0.1, -0.05) is 24.3 Å². The number of carbonyl (C=O) groups is 1. The van der Waals surface area contributed by atoms with Gasteiger partial charge in [-0.25, -0.2) is 4.98 Å². The van der Waals surface area contributed by atoms with Crippen LogP contribution >= 0.6 is 0 Å². The number of benzene rings is 1. The van der Waals surface area contributed by atoms with E-state index in [1.54, 1.807) is 35.8 Å². The molecule has 4 aromatic heterocycles. The number of carbonyl (C=O) groups excluding carboxylic acids is 1. The van der Waals surface area contributed by atoms with E-state index in [9.17, 15) is 4.79 Å². The maximum atomic E-state index is 13.5. The number of aromatic nitrogens is 6. The molecule has 1 amide bonds. The van der Waals surface area contributed by atoms with Crippen molar-refractivity contribution in [3.8, 4) is 11.5 Å². The third-order valence-corrected chi connectivity index (χ3v) is 5.63. The van der Waals surface area contributed by atoms with Crippen LogP contribution in [0.2, 0.25) is 0 Å². The van der Waals surface area contributed by atoms with Crippen molar-refractivity contribution in [2.75, 3.05) is 6.54 Å². The number of hydrogen-bond donors (Lipinski definition) is 1. The van der Waals surface area contributed by atoms with Gasteiger partial charge in [-0.3, -0.25) is 14.8 Å². The molecule has 5 heterocycles. The number of imidazole rings is 1. The summed E-state index contributed by atoms with van der Waals surface area (Å²) in [6.07, 6.45) is 7.39. The first kappa shape index (κ1) is 18.4. The van der Waals surface area contributed by atoms with E-state index in [2.05, 4.69) is 30.1 Å². The average Bonchev–Trinajstić information content (AvgIpc) is 3.53. The van der Waals surface area contributed by atoms with Crippen molar-refractivity contribution in [3.05, 3.63) is 90.4 Å². The van der Waals surface area contributed by atoms with E-state index in [0.717, 1.165) is 27.9 Å². The largest absolute Gasteiger partial charge is 0.412 e. The fourth-order valence-electron chi connectivity index (χ4n) is 4.08. The number of nitrogens with zero attached hydrogens (tertiary/aromatic N) is 6. The second kappa shape index (κ2) is 7.38. The van der Waals surface area contributed by atoms with Gasteiger partial charge >= 0.3 is 11.8 Å². The lowest BCUT2D eigenvalue weighted by molar-refractivity contribution is 0.0647. The average molecular weight is 423 g/mol. The molecule has 32 heavy (non-hydrogen) atoms. The molecule has 0 spiro atoms. The molecule has 9 nitrogen and oxygen atoms in total. The lowest BCUT2D eigenvalue weighted by Gasteiger charge is -2.33. The Balaban J connectivity index is 1.40. The van der Waals surface area contributed by atoms with Crippen molar-refractivity contribution in [1.29, 1.82) is 0 Å². The summed E-state index contributed by atoms with van der Waals surface area (Å²) < 4.78 is 5.71. The van der Waals surface area contributed by atoms with Gasteiger partial charge in [0, 0.05) is 42.6 Å². The summed E-state index contributed by atoms with van der Waals surface area (Å²) in [4.78, 5) is 31.6. The minimum atomic E-state index is -0.462. The molecule has 0 saturated heterocycles. The number of hydrogen-bond acceptors (Lipinski definition) is 7. The second-order valence-electron chi connectivity index (χ2n) is 7.53. The van der Waals surface area contributed by atoms with E-state index < -0.39 is 6.04 Å². The highest BCUT2D eigenvalue weighted by molar-refractivity contribution is 5.91. The molecule has 0 saturated carbocycles. The van der Waals surface area contributed by atoms with E-state index in [4.69, 9.17) is 4.42 Å². The molecule has 0 radical (unpaired) electrons. The number of H-pyrrole nitrogens is 1.